The van der Waals surface area contributed by atoms with Crippen LogP contribution in [0.3, 0.4) is 0 Å². The molecule has 0 aliphatic carbocycles. The highest BCUT2D eigenvalue weighted by molar-refractivity contribution is 5.92. The van der Waals surface area contributed by atoms with Crippen LogP contribution in [0.2, 0.25) is 0 Å². The van der Waals surface area contributed by atoms with E-state index in [9.17, 15) is 14.7 Å². The number of aromatic hydroxyl groups is 1. The molecule has 3 rings (SSSR count). The standard InChI is InChI=1S/C30H34O6/c1-21(2)5-4-6-22(3)19-20-34-26-13-7-23(8-14-26)29(32)35-27-15-9-24(10-16-27)30(33)36-28-17-11-25(31)12-18-28/h7-18,21-22,31H,4-6,19-20H2,1-3H3/t22-/m0/s1. The van der Waals surface area contributed by atoms with Crippen molar-refractivity contribution >= 4 is 11.9 Å². The summed E-state index contributed by atoms with van der Waals surface area (Å²) in [7, 11) is 0. The lowest BCUT2D eigenvalue weighted by molar-refractivity contribution is 0.0730. The van der Waals surface area contributed by atoms with Crippen LogP contribution in [0.1, 0.15) is 67.2 Å². The average Bonchev–Trinajstić information content (AvgIpc) is 2.86. The van der Waals surface area contributed by atoms with Crippen LogP contribution in [-0.4, -0.2) is 23.7 Å². The van der Waals surface area contributed by atoms with Crippen molar-refractivity contribution in [1.82, 2.24) is 0 Å². The van der Waals surface area contributed by atoms with Gasteiger partial charge in [0.1, 0.15) is 23.0 Å². The van der Waals surface area contributed by atoms with Gasteiger partial charge in [0.05, 0.1) is 17.7 Å². The van der Waals surface area contributed by atoms with Crippen LogP contribution >= 0.6 is 0 Å². The van der Waals surface area contributed by atoms with Gasteiger partial charge in [0.25, 0.3) is 0 Å². The van der Waals surface area contributed by atoms with Gasteiger partial charge in [-0.15, -0.1) is 0 Å². The molecule has 0 saturated heterocycles. The monoisotopic (exact) mass is 490 g/mol. The maximum Gasteiger partial charge on any atom is 0.343 e. The smallest absolute Gasteiger partial charge is 0.343 e. The first-order valence-corrected chi connectivity index (χ1v) is 12.4. The van der Waals surface area contributed by atoms with Gasteiger partial charge in [0.15, 0.2) is 0 Å². The Hall–Kier alpha value is -3.80. The fourth-order valence-electron chi connectivity index (χ4n) is 3.59. The molecule has 36 heavy (non-hydrogen) atoms. The Morgan fingerprint density at radius 1 is 0.667 bits per heavy atom. The van der Waals surface area contributed by atoms with Gasteiger partial charge in [-0.05, 0) is 91.1 Å². The fraction of sp³-hybridized carbons (Fsp3) is 0.333. The summed E-state index contributed by atoms with van der Waals surface area (Å²) in [6.07, 6.45) is 4.73. The van der Waals surface area contributed by atoms with E-state index < -0.39 is 11.9 Å². The van der Waals surface area contributed by atoms with Crippen molar-refractivity contribution in [2.75, 3.05) is 6.61 Å². The molecule has 0 unspecified atom stereocenters. The molecule has 0 amide bonds. The molecule has 6 heteroatoms. The topological polar surface area (TPSA) is 82.1 Å². The SMILES string of the molecule is CC(C)CCC[C@H](C)CCOc1ccc(C(=O)Oc2ccc(C(=O)Oc3ccc(O)cc3)cc2)cc1. The zero-order valence-corrected chi connectivity index (χ0v) is 21.1. The summed E-state index contributed by atoms with van der Waals surface area (Å²) in [4.78, 5) is 24.8. The van der Waals surface area contributed by atoms with E-state index in [1.54, 1.807) is 24.3 Å². The van der Waals surface area contributed by atoms with Gasteiger partial charge in [0.2, 0.25) is 0 Å². The van der Waals surface area contributed by atoms with E-state index in [1.807, 2.05) is 0 Å². The van der Waals surface area contributed by atoms with Crippen molar-refractivity contribution in [3.8, 4) is 23.0 Å². The molecule has 0 fully saturated rings. The van der Waals surface area contributed by atoms with Crippen LogP contribution in [-0.2, 0) is 0 Å². The molecule has 0 aliphatic rings. The van der Waals surface area contributed by atoms with E-state index in [2.05, 4.69) is 20.8 Å². The molecular formula is C30H34O6. The minimum absolute atomic E-state index is 0.0840. The minimum Gasteiger partial charge on any atom is -0.508 e. The second kappa shape index (κ2) is 13.3. The summed E-state index contributed by atoms with van der Waals surface area (Å²) < 4.78 is 16.5. The molecule has 0 aliphatic heterocycles. The van der Waals surface area contributed by atoms with Crippen LogP contribution in [0.5, 0.6) is 23.0 Å². The second-order valence-corrected chi connectivity index (χ2v) is 9.39. The summed E-state index contributed by atoms with van der Waals surface area (Å²) in [5.41, 5.74) is 0.707. The minimum atomic E-state index is -0.556. The van der Waals surface area contributed by atoms with Crippen LogP contribution in [0, 0.1) is 11.8 Å². The molecule has 0 aromatic heterocycles. The van der Waals surface area contributed by atoms with Gasteiger partial charge in [-0.2, -0.15) is 0 Å². The van der Waals surface area contributed by atoms with Gasteiger partial charge in [-0.3, -0.25) is 0 Å². The van der Waals surface area contributed by atoms with Crippen LogP contribution in [0.15, 0.2) is 72.8 Å². The Labute approximate surface area is 212 Å². The van der Waals surface area contributed by atoms with Crippen LogP contribution < -0.4 is 14.2 Å². The molecule has 0 radical (unpaired) electrons. The number of rotatable bonds is 12. The second-order valence-electron chi connectivity index (χ2n) is 9.39. The number of hydrogen-bond donors (Lipinski definition) is 1. The third-order valence-electron chi connectivity index (χ3n) is 5.80. The molecule has 0 bridgehead atoms. The highest BCUT2D eigenvalue weighted by Crippen LogP contribution is 2.21. The number of phenols is 1. The number of carbonyl (C=O) groups is 2. The zero-order valence-electron chi connectivity index (χ0n) is 21.1. The third kappa shape index (κ3) is 8.77. The number of esters is 2. The maximum absolute atomic E-state index is 12.5. The third-order valence-corrected chi connectivity index (χ3v) is 5.80. The highest BCUT2D eigenvalue weighted by Gasteiger charge is 2.12. The first kappa shape index (κ1) is 26.8. The largest absolute Gasteiger partial charge is 0.508 e. The number of carbonyl (C=O) groups excluding carboxylic acids is 2. The average molecular weight is 491 g/mol. The number of hydrogen-bond acceptors (Lipinski definition) is 6. The normalized spacial score (nSPS) is 11.7. The molecule has 3 aromatic carbocycles. The van der Waals surface area contributed by atoms with E-state index >= 15 is 0 Å². The van der Waals surface area contributed by atoms with Crippen molar-refractivity contribution in [2.24, 2.45) is 11.8 Å². The summed E-state index contributed by atoms with van der Waals surface area (Å²) in [5.74, 6) is 1.75. The molecular weight excluding hydrogens is 456 g/mol. The quantitative estimate of drug-likeness (QED) is 0.216. The molecule has 1 N–H and O–H groups in total. The van der Waals surface area contributed by atoms with Crippen LogP contribution in [0.4, 0.5) is 0 Å². The summed E-state index contributed by atoms with van der Waals surface area (Å²) >= 11 is 0. The molecule has 0 spiro atoms. The van der Waals surface area contributed by atoms with Crippen molar-refractivity contribution in [3.05, 3.63) is 83.9 Å². The van der Waals surface area contributed by atoms with Crippen molar-refractivity contribution in [3.63, 3.8) is 0 Å². The molecule has 190 valence electrons. The molecule has 1 atom stereocenters. The van der Waals surface area contributed by atoms with E-state index in [0.29, 0.717) is 35.2 Å². The Bertz CT molecular complexity index is 1100. The van der Waals surface area contributed by atoms with E-state index in [-0.39, 0.29) is 5.75 Å². The van der Waals surface area contributed by atoms with Gasteiger partial charge in [-0.1, -0.05) is 40.0 Å². The predicted octanol–water partition coefficient (Wildman–Crippen LogP) is 7.06. The van der Waals surface area contributed by atoms with E-state index in [0.717, 1.165) is 18.1 Å². The Morgan fingerprint density at radius 3 is 1.64 bits per heavy atom. The lowest BCUT2D eigenvalue weighted by Gasteiger charge is -2.13. The molecule has 0 saturated carbocycles. The van der Waals surface area contributed by atoms with Crippen molar-refractivity contribution in [2.45, 2.75) is 46.5 Å². The van der Waals surface area contributed by atoms with E-state index in [4.69, 9.17) is 14.2 Å². The lowest BCUT2D eigenvalue weighted by Crippen LogP contribution is -2.10. The fourth-order valence-corrected chi connectivity index (χ4v) is 3.59. The van der Waals surface area contributed by atoms with Crippen molar-refractivity contribution in [1.29, 1.82) is 0 Å². The number of phenolic OH excluding ortho intramolecular Hbond substituents is 1. The molecule has 3 aromatic rings. The Kier molecular flexibility index (Phi) is 9.92. The van der Waals surface area contributed by atoms with Gasteiger partial charge in [0, 0.05) is 0 Å². The van der Waals surface area contributed by atoms with Crippen molar-refractivity contribution < 1.29 is 28.9 Å². The summed E-state index contributed by atoms with van der Waals surface area (Å²) in [5, 5.41) is 9.31. The zero-order chi connectivity index (χ0) is 25.9. The van der Waals surface area contributed by atoms with Gasteiger partial charge >= 0.3 is 11.9 Å². The van der Waals surface area contributed by atoms with E-state index in [1.165, 1.54) is 67.8 Å². The highest BCUT2D eigenvalue weighted by atomic mass is 16.5. The summed E-state index contributed by atoms with van der Waals surface area (Å²) in [6.45, 7) is 7.41. The molecule has 0 heterocycles. The molecule has 6 nitrogen and oxygen atoms in total. The lowest BCUT2D eigenvalue weighted by atomic mass is 9.98. The van der Waals surface area contributed by atoms with Gasteiger partial charge < -0.3 is 19.3 Å². The first-order chi connectivity index (χ1) is 17.3. The Morgan fingerprint density at radius 2 is 1.14 bits per heavy atom. The predicted molar refractivity (Wildman–Crippen MR) is 139 cm³/mol. The number of benzene rings is 3. The first-order valence-electron chi connectivity index (χ1n) is 12.4. The summed E-state index contributed by atoms with van der Waals surface area (Å²) in [6, 6.07) is 18.8. The Balaban J connectivity index is 1.44. The number of ether oxygens (including phenoxy) is 3. The van der Waals surface area contributed by atoms with Gasteiger partial charge in [-0.25, -0.2) is 9.59 Å². The van der Waals surface area contributed by atoms with Crippen LogP contribution in [0.25, 0.3) is 0 Å². The maximum atomic E-state index is 12.5.